The molecule has 1 aromatic carbocycles. The zero-order valence-corrected chi connectivity index (χ0v) is 11.5. The number of hydrogen-bond donors (Lipinski definition) is 1. The molecule has 2 nitrogen and oxygen atoms in total. The van der Waals surface area contributed by atoms with E-state index in [0.29, 0.717) is 6.61 Å². The molecule has 100 valence electrons. The summed E-state index contributed by atoms with van der Waals surface area (Å²) < 4.78 is 5.16. The topological polar surface area (TPSA) is 29.5 Å². The van der Waals surface area contributed by atoms with Crippen molar-refractivity contribution in [2.24, 2.45) is 5.92 Å². The van der Waals surface area contributed by atoms with Crippen molar-refractivity contribution >= 4 is 0 Å². The molecule has 18 heavy (non-hydrogen) atoms. The second-order valence-corrected chi connectivity index (χ2v) is 5.47. The lowest BCUT2D eigenvalue weighted by Gasteiger charge is -2.35. The maximum Gasteiger partial charge on any atom is 0.0925 e. The third kappa shape index (κ3) is 2.60. The van der Waals surface area contributed by atoms with Crippen LogP contribution in [0.25, 0.3) is 0 Å². The smallest absolute Gasteiger partial charge is 0.0925 e. The molecule has 0 saturated heterocycles. The van der Waals surface area contributed by atoms with E-state index < -0.39 is 5.60 Å². The molecular formula is C16H24O2. The minimum atomic E-state index is -0.675. The highest BCUT2D eigenvalue weighted by Crippen LogP contribution is 2.40. The van der Waals surface area contributed by atoms with Crippen molar-refractivity contribution in [2.45, 2.75) is 44.6 Å². The first-order valence-corrected chi connectivity index (χ1v) is 6.98. The second kappa shape index (κ2) is 5.85. The average molecular weight is 248 g/mol. The summed E-state index contributed by atoms with van der Waals surface area (Å²) in [5.74, 6) is 0.233. The minimum absolute atomic E-state index is 0.233. The summed E-state index contributed by atoms with van der Waals surface area (Å²) in [4.78, 5) is 0. The van der Waals surface area contributed by atoms with Crippen molar-refractivity contribution in [2.75, 3.05) is 13.7 Å². The quantitative estimate of drug-likeness (QED) is 0.829. The van der Waals surface area contributed by atoms with Gasteiger partial charge in [0.25, 0.3) is 0 Å². The van der Waals surface area contributed by atoms with Crippen molar-refractivity contribution in [3.05, 3.63) is 35.4 Å². The molecule has 0 saturated carbocycles. The van der Waals surface area contributed by atoms with Crippen LogP contribution in [0.4, 0.5) is 0 Å². The molecule has 0 spiro atoms. The molecule has 1 N–H and O–H groups in total. The summed E-state index contributed by atoms with van der Waals surface area (Å²) in [6.45, 7) is 2.85. The lowest BCUT2D eigenvalue weighted by atomic mass is 9.77. The predicted octanol–water partition coefficient (Wildman–Crippen LogP) is 3.27. The van der Waals surface area contributed by atoms with Crippen LogP contribution in [0.1, 0.15) is 43.7 Å². The SMILES string of the molecule is COCCC(C)C1(O)CCCCc2ccccc21. The fraction of sp³-hybridized carbons (Fsp3) is 0.625. The summed E-state index contributed by atoms with van der Waals surface area (Å²) in [6.07, 6.45) is 5.14. The van der Waals surface area contributed by atoms with E-state index in [1.54, 1.807) is 7.11 Å². The molecular weight excluding hydrogens is 224 g/mol. The number of hydrogen-bond acceptors (Lipinski definition) is 2. The molecule has 0 amide bonds. The number of benzene rings is 1. The Morgan fingerprint density at radius 1 is 1.33 bits per heavy atom. The van der Waals surface area contributed by atoms with E-state index in [2.05, 4.69) is 25.1 Å². The van der Waals surface area contributed by atoms with Gasteiger partial charge in [-0.15, -0.1) is 0 Å². The van der Waals surface area contributed by atoms with Gasteiger partial charge in [-0.2, -0.15) is 0 Å². The van der Waals surface area contributed by atoms with Crippen LogP contribution in [-0.2, 0) is 16.8 Å². The van der Waals surface area contributed by atoms with Gasteiger partial charge in [0.1, 0.15) is 0 Å². The Labute approximate surface area is 110 Å². The monoisotopic (exact) mass is 248 g/mol. The van der Waals surface area contributed by atoms with Gasteiger partial charge in [-0.25, -0.2) is 0 Å². The Morgan fingerprint density at radius 3 is 2.89 bits per heavy atom. The van der Waals surface area contributed by atoms with Crippen molar-refractivity contribution in [1.29, 1.82) is 0 Å². The normalized spacial score (nSPS) is 25.3. The van der Waals surface area contributed by atoms with Gasteiger partial charge >= 0.3 is 0 Å². The summed E-state index contributed by atoms with van der Waals surface area (Å²) in [5.41, 5.74) is 1.79. The van der Waals surface area contributed by atoms with Crippen LogP contribution in [0, 0.1) is 5.92 Å². The zero-order valence-electron chi connectivity index (χ0n) is 11.5. The number of methoxy groups -OCH3 is 1. The maximum absolute atomic E-state index is 11.1. The Hall–Kier alpha value is -0.860. The van der Waals surface area contributed by atoms with Crippen LogP contribution in [0.3, 0.4) is 0 Å². The highest BCUT2D eigenvalue weighted by atomic mass is 16.5. The van der Waals surface area contributed by atoms with Crippen molar-refractivity contribution in [3.63, 3.8) is 0 Å². The number of rotatable bonds is 4. The lowest BCUT2D eigenvalue weighted by Crippen LogP contribution is -2.34. The third-order valence-electron chi connectivity index (χ3n) is 4.31. The molecule has 0 heterocycles. The Bertz CT molecular complexity index is 388. The van der Waals surface area contributed by atoms with Gasteiger partial charge in [-0.3, -0.25) is 0 Å². The largest absolute Gasteiger partial charge is 0.385 e. The van der Waals surface area contributed by atoms with Crippen LogP contribution in [-0.4, -0.2) is 18.8 Å². The van der Waals surface area contributed by atoms with E-state index in [0.717, 1.165) is 31.2 Å². The van der Waals surface area contributed by atoms with Gasteiger partial charge in [0.2, 0.25) is 0 Å². The molecule has 0 radical (unpaired) electrons. The van der Waals surface area contributed by atoms with Gasteiger partial charge in [-0.1, -0.05) is 31.2 Å². The third-order valence-corrected chi connectivity index (χ3v) is 4.31. The van der Waals surface area contributed by atoms with Crippen LogP contribution < -0.4 is 0 Å². The summed E-state index contributed by atoms with van der Waals surface area (Å²) in [6, 6.07) is 8.38. The summed E-state index contributed by atoms with van der Waals surface area (Å²) >= 11 is 0. The zero-order chi connectivity index (χ0) is 13.0. The van der Waals surface area contributed by atoms with Crippen molar-refractivity contribution < 1.29 is 9.84 Å². The Balaban J connectivity index is 2.30. The second-order valence-electron chi connectivity index (χ2n) is 5.47. The fourth-order valence-electron chi connectivity index (χ4n) is 3.05. The van der Waals surface area contributed by atoms with E-state index in [9.17, 15) is 5.11 Å². The first kappa shape index (κ1) is 13.6. The molecule has 0 bridgehead atoms. The molecule has 2 unspecified atom stereocenters. The predicted molar refractivity (Wildman–Crippen MR) is 73.6 cm³/mol. The lowest BCUT2D eigenvalue weighted by molar-refractivity contribution is -0.0357. The van der Waals surface area contributed by atoms with Crippen LogP contribution >= 0.6 is 0 Å². The molecule has 0 aliphatic heterocycles. The molecule has 1 aliphatic rings. The van der Waals surface area contributed by atoms with E-state index >= 15 is 0 Å². The highest BCUT2D eigenvalue weighted by molar-refractivity contribution is 5.34. The molecule has 2 heteroatoms. The number of fused-ring (bicyclic) bond motifs is 1. The van der Waals surface area contributed by atoms with Gasteiger partial charge in [-0.05, 0) is 49.1 Å². The fourth-order valence-corrected chi connectivity index (χ4v) is 3.05. The van der Waals surface area contributed by atoms with Crippen molar-refractivity contribution in [3.8, 4) is 0 Å². The van der Waals surface area contributed by atoms with Gasteiger partial charge in [0.05, 0.1) is 5.60 Å². The van der Waals surface area contributed by atoms with E-state index in [1.165, 1.54) is 12.0 Å². The van der Waals surface area contributed by atoms with Gasteiger partial charge in [0, 0.05) is 13.7 Å². The molecule has 1 aromatic rings. The molecule has 2 atom stereocenters. The minimum Gasteiger partial charge on any atom is -0.385 e. The first-order chi connectivity index (χ1) is 8.68. The molecule has 2 rings (SSSR count). The first-order valence-electron chi connectivity index (χ1n) is 6.98. The van der Waals surface area contributed by atoms with E-state index in [1.807, 2.05) is 6.07 Å². The van der Waals surface area contributed by atoms with Crippen LogP contribution in [0.15, 0.2) is 24.3 Å². The number of ether oxygens (including phenoxy) is 1. The Kier molecular flexibility index (Phi) is 4.41. The van der Waals surface area contributed by atoms with Gasteiger partial charge < -0.3 is 9.84 Å². The van der Waals surface area contributed by atoms with Gasteiger partial charge in [0.15, 0.2) is 0 Å². The van der Waals surface area contributed by atoms with E-state index in [-0.39, 0.29) is 5.92 Å². The molecule has 1 aliphatic carbocycles. The van der Waals surface area contributed by atoms with Crippen molar-refractivity contribution in [1.82, 2.24) is 0 Å². The summed E-state index contributed by atoms with van der Waals surface area (Å²) in [7, 11) is 1.72. The maximum atomic E-state index is 11.1. The number of aliphatic hydroxyl groups is 1. The summed E-state index contributed by atoms with van der Waals surface area (Å²) in [5, 5.41) is 11.1. The molecule has 0 fully saturated rings. The highest BCUT2D eigenvalue weighted by Gasteiger charge is 2.37. The molecule has 0 aromatic heterocycles. The Morgan fingerprint density at radius 2 is 2.11 bits per heavy atom. The van der Waals surface area contributed by atoms with Crippen LogP contribution in [0.2, 0.25) is 0 Å². The van der Waals surface area contributed by atoms with Crippen LogP contribution in [0.5, 0.6) is 0 Å². The average Bonchev–Trinajstić information content (AvgIpc) is 2.57. The van der Waals surface area contributed by atoms with E-state index in [4.69, 9.17) is 4.74 Å². The standard InChI is InChI=1S/C16H24O2/c1-13(10-12-18-2)16(17)11-6-5-8-14-7-3-4-9-15(14)16/h3-4,7,9,13,17H,5-6,8,10-12H2,1-2H3. The number of aryl methyl sites for hydroxylation is 1.